The predicted octanol–water partition coefficient (Wildman–Crippen LogP) is -4.29. The number of carbonyl (C=O) groups is 1. The Morgan fingerprint density at radius 1 is 1.25 bits per heavy atom. The van der Waals surface area contributed by atoms with Crippen molar-refractivity contribution >= 4 is 5.97 Å². The van der Waals surface area contributed by atoms with Crippen LogP contribution in [0.2, 0.25) is 0 Å². The smallest absolute Gasteiger partial charge is 0.338 e. The Morgan fingerprint density at radius 3 is 2.19 bits per heavy atom. The molecule has 94 valence electrons. The number of aliphatic hydroxyl groups is 6. The largest absolute Gasteiger partial charge is 0.455 e. The summed E-state index contributed by atoms with van der Waals surface area (Å²) in [5, 5.41) is 54.6. The van der Waals surface area contributed by atoms with Gasteiger partial charge in [-0.3, -0.25) is 0 Å². The summed E-state index contributed by atoms with van der Waals surface area (Å²) in [4.78, 5) is 10.8. The van der Waals surface area contributed by atoms with Crippen LogP contribution in [0.1, 0.15) is 0 Å². The molecule has 1 fully saturated rings. The van der Waals surface area contributed by atoms with Crippen molar-refractivity contribution in [1.82, 2.24) is 0 Å². The summed E-state index contributed by atoms with van der Waals surface area (Å²) in [6.45, 7) is -0.808. The second kappa shape index (κ2) is 5.04. The minimum absolute atomic E-state index is 0.808. The second-order valence-corrected chi connectivity index (χ2v) is 3.57. The van der Waals surface area contributed by atoms with Crippen molar-refractivity contribution in [2.24, 2.45) is 0 Å². The third kappa shape index (κ3) is 2.32. The molecule has 0 aromatic heterocycles. The lowest BCUT2D eigenvalue weighted by atomic mass is 9.99. The van der Waals surface area contributed by atoms with Gasteiger partial charge in [-0.25, -0.2) is 4.79 Å². The van der Waals surface area contributed by atoms with Gasteiger partial charge in [-0.1, -0.05) is 0 Å². The van der Waals surface area contributed by atoms with Crippen LogP contribution in [0.5, 0.6) is 0 Å². The zero-order valence-corrected chi connectivity index (χ0v) is 8.17. The maximum absolute atomic E-state index is 10.8. The van der Waals surface area contributed by atoms with Crippen LogP contribution < -0.4 is 0 Å². The molecule has 0 radical (unpaired) electrons. The van der Waals surface area contributed by atoms with E-state index in [1.165, 1.54) is 0 Å². The van der Waals surface area contributed by atoms with Crippen LogP contribution in [0.15, 0.2) is 0 Å². The fraction of sp³-hybridized carbons (Fsp3) is 0.875. The van der Waals surface area contributed by atoms with E-state index in [1.807, 2.05) is 0 Å². The SMILES string of the molecule is O=C1O[C@H]([C@@H](O)[C@@H](O)[C@H](O)CO)[C@@H](O)[C@H]1O. The molecule has 1 aliphatic rings. The number of esters is 1. The van der Waals surface area contributed by atoms with Gasteiger partial charge < -0.3 is 35.4 Å². The van der Waals surface area contributed by atoms with Crippen LogP contribution in [-0.4, -0.2) is 79.8 Å². The third-order valence-electron chi connectivity index (χ3n) is 2.42. The van der Waals surface area contributed by atoms with Crippen LogP contribution in [0, 0.1) is 0 Å². The highest BCUT2D eigenvalue weighted by molar-refractivity contribution is 5.77. The number of ether oxygens (including phenoxy) is 1. The summed E-state index contributed by atoms with van der Waals surface area (Å²) in [5.74, 6) is -1.12. The highest BCUT2D eigenvalue weighted by Crippen LogP contribution is 2.21. The lowest BCUT2D eigenvalue weighted by molar-refractivity contribution is -0.159. The summed E-state index contributed by atoms with van der Waals surface area (Å²) in [6, 6.07) is 0. The standard InChI is InChI=1S/C8H14O8/c9-1-2(10)3(11)4(12)7-5(13)6(14)8(15)16-7/h2-7,9-14H,1H2/t2-,3+,4+,5+,6-,7-/m1/s1. The summed E-state index contributed by atoms with van der Waals surface area (Å²) in [5.41, 5.74) is 0. The Balaban J connectivity index is 2.68. The van der Waals surface area contributed by atoms with Gasteiger partial charge in [0.2, 0.25) is 0 Å². The number of hydrogen-bond donors (Lipinski definition) is 6. The molecule has 1 rings (SSSR count). The Hall–Kier alpha value is -0.770. The van der Waals surface area contributed by atoms with Gasteiger partial charge >= 0.3 is 5.97 Å². The molecule has 1 saturated heterocycles. The van der Waals surface area contributed by atoms with Gasteiger partial charge in [0.25, 0.3) is 0 Å². The summed E-state index contributed by atoms with van der Waals surface area (Å²) in [6.07, 6.45) is -10.3. The highest BCUT2D eigenvalue weighted by atomic mass is 16.6. The third-order valence-corrected chi connectivity index (χ3v) is 2.42. The Morgan fingerprint density at radius 2 is 1.81 bits per heavy atom. The Bertz CT molecular complexity index is 256. The maximum Gasteiger partial charge on any atom is 0.338 e. The number of rotatable bonds is 4. The molecule has 0 aromatic carbocycles. The van der Waals surface area contributed by atoms with Gasteiger partial charge in [0, 0.05) is 0 Å². The van der Waals surface area contributed by atoms with Crippen LogP contribution in [0.3, 0.4) is 0 Å². The Labute approximate surface area is 90.3 Å². The van der Waals surface area contributed by atoms with Crippen molar-refractivity contribution in [2.75, 3.05) is 6.61 Å². The topological polar surface area (TPSA) is 148 Å². The van der Waals surface area contributed by atoms with E-state index in [0.717, 1.165) is 0 Å². The quantitative estimate of drug-likeness (QED) is 0.269. The first-order valence-corrected chi connectivity index (χ1v) is 4.61. The van der Waals surface area contributed by atoms with E-state index in [-0.39, 0.29) is 0 Å². The molecule has 8 heteroatoms. The molecule has 8 nitrogen and oxygen atoms in total. The zero-order valence-electron chi connectivity index (χ0n) is 8.17. The van der Waals surface area contributed by atoms with Crippen LogP contribution in [0.25, 0.3) is 0 Å². The Kier molecular flexibility index (Phi) is 4.19. The van der Waals surface area contributed by atoms with E-state index in [1.54, 1.807) is 0 Å². The number of cyclic esters (lactones) is 1. The van der Waals surface area contributed by atoms with Crippen molar-refractivity contribution < 1.29 is 40.2 Å². The lowest BCUT2D eigenvalue weighted by Crippen LogP contribution is -2.50. The van der Waals surface area contributed by atoms with E-state index in [9.17, 15) is 20.1 Å². The van der Waals surface area contributed by atoms with E-state index in [2.05, 4.69) is 4.74 Å². The normalized spacial score (nSPS) is 35.6. The molecule has 0 aliphatic carbocycles. The molecule has 0 bridgehead atoms. The summed E-state index contributed by atoms with van der Waals surface area (Å²) >= 11 is 0. The maximum atomic E-state index is 10.8. The number of carbonyl (C=O) groups excluding carboxylic acids is 1. The minimum Gasteiger partial charge on any atom is -0.455 e. The van der Waals surface area contributed by atoms with Gasteiger partial charge in [0.15, 0.2) is 12.2 Å². The molecular weight excluding hydrogens is 224 g/mol. The zero-order chi connectivity index (χ0) is 12.5. The molecule has 0 saturated carbocycles. The molecule has 6 N–H and O–H groups in total. The van der Waals surface area contributed by atoms with E-state index >= 15 is 0 Å². The number of aliphatic hydroxyl groups excluding tert-OH is 6. The average molecular weight is 238 g/mol. The van der Waals surface area contributed by atoms with Gasteiger partial charge in [0.05, 0.1) is 6.61 Å². The number of hydrogen-bond acceptors (Lipinski definition) is 8. The predicted molar refractivity (Wildman–Crippen MR) is 47.0 cm³/mol. The second-order valence-electron chi connectivity index (χ2n) is 3.57. The van der Waals surface area contributed by atoms with Gasteiger partial charge in [-0.2, -0.15) is 0 Å². The molecule has 1 aliphatic heterocycles. The van der Waals surface area contributed by atoms with Crippen LogP contribution >= 0.6 is 0 Å². The minimum atomic E-state index is -1.81. The van der Waals surface area contributed by atoms with Gasteiger partial charge in [-0.05, 0) is 0 Å². The van der Waals surface area contributed by atoms with E-state index in [4.69, 9.17) is 15.3 Å². The van der Waals surface area contributed by atoms with Crippen LogP contribution in [-0.2, 0) is 9.53 Å². The lowest BCUT2D eigenvalue weighted by Gasteiger charge is -2.26. The molecule has 0 aromatic rings. The average Bonchev–Trinajstić information content (AvgIpc) is 2.54. The van der Waals surface area contributed by atoms with Gasteiger partial charge in [0.1, 0.15) is 24.4 Å². The summed E-state index contributed by atoms with van der Waals surface area (Å²) in [7, 11) is 0. The fourth-order valence-electron chi connectivity index (χ4n) is 1.39. The molecule has 1 heterocycles. The molecular formula is C8H14O8. The van der Waals surface area contributed by atoms with E-state index in [0.29, 0.717) is 0 Å². The first-order chi connectivity index (χ1) is 7.40. The van der Waals surface area contributed by atoms with Crippen molar-refractivity contribution in [1.29, 1.82) is 0 Å². The van der Waals surface area contributed by atoms with Crippen molar-refractivity contribution in [3.8, 4) is 0 Å². The van der Waals surface area contributed by atoms with Gasteiger partial charge in [-0.15, -0.1) is 0 Å². The molecule has 6 atom stereocenters. The van der Waals surface area contributed by atoms with Crippen molar-refractivity contribution in [3.63, 3.8) is 0 Å². The molecule has 0 amide bonds. The van der Waals surface area contributed by atoms with Crippen molar-refractivity contribution in [2.45, 2.75) is 36.6 Å². The first-order valence-electron chi connectivity index (χ1n) is 4.61. The van der Waals surface area contributed by atoms with Crippen LogP contribution in [0.4, 0.5) is 0 Å². The highest BCUT2D eigenvalue weighted by Gasteiger charge is 2.48. The van der Waals surface area contributed by atoms with Crippen molar-refractivity contribution in [3.05, 3.63) is 0 Å². The molecule has 0 spiro atoms. The summed E-state index contributed by atoms with van der Waals surface area (Å²) < 4.78 is 4.42. The molecule has 16 heavy (non-hydrogen) atoms. The first kappa shape index (κ1) is 13.3. The van der Waals surface area contributed by atoms with E-state index < -0.39 is 49.2 Å². The molecule has 0 unspecified atom stereocenters. The monoisotopic (exact) mass is 238 g/mol. The fourth-order valence-corrected chi connectivity index (χ4v) is 1.39.